The summed E-state index contributed by atoms with van der Waals surface area (Å²) in [5.41, 5.74) is 0.708. The number of rotatable bonds is 7. The number of hydrogen-bond acceptors (Lipinski definition) is 6. The predicted molar refractivity (Wildman–Crippen MR) is 125 cm³/mol. The van der Waals surface area contributed by atoms with Gasteiger partial charge in [-0.3, -0.25) is 9.59 Å². The quantitative estimate of drug-likeness (QED) is 0.519. The lowest BCUT2D eigenvalue weighted by Crippen LogP contribution is -2.50. The Balaban J connectivity index is 1.29. The summed E-state index contributed by atoms with van der Waals surface area (Å²) < 4.78 is 32.4. The van der Waals surface area contributed by atoms with E-state index < -0.39 is 10.0 Å². The maximum atomic E-state index is 12.5. The minimum atomic E-state index is -3.67. The van der Waals surface area contributed by atoms with Gasteiger partial charge in [0.25, 0.3) is 5.91 Å². The summed E-state index contributed by atoms with van der Waals surface area (Å²) in [5.74, 6) is 0.379. The fourth-order valence-corrected chi connectivity index (χ4v) is 5.06. The van der Waals surface area contributed by atoms with E-state index in [-0.39, 0.29) is 23.3 Å². The van der Waals surface area contributed by atoms with Gasteiger partial charge in [-0.25, -0.2) is 13.1 Å². The molecule has 2 amide bonds. The molecule has 1 aliphatic rings. The molecule has 8 nitrogen and oxygen atoms in total. The van der Waals surface area contributed by atoms with Gasteiger partial charge in [-0.2, -0.15) is 0 Å². The summed E-state index contributed by atoms with van der Waals surface area (Å²) in [6, 6.07) is 13.3. The number of thiophene rings is 1. The van der Waals surface area contributed by atoms with E-state index in [9.17, 15) is 18.0 Å². The number of hydrogen-bond donors (Lipinski definition) is 1. The third-order valence-corrected chi connectivity index (χ3v) is 7.51. The van der Waals surface area contributed by atoms with Crippen LogP contribution < -0.4 is 4.72 Å². The second kappa shape index (κ2) is 10.2. The van der Waals surface area contributed by atoms with Gasteiger partial charge >= 0.3 is 0 Å². The molecule has 1 N–H and O–H groups in total. The Morgan fingerprint density at radius 3 is 2.36 bits per heavy atom. The van der Waals surface area contributed by atoms with Crippen molar-refractivity contribution in [2.24, 2.45) is 0 Å². The number of benzene rings is 1. The van der Waals surface area contributed by atoms with E-state index in [0.717, 1.165) is 0 Å². The zero-order valence-electron chi connectivity index (χ0n) is 17.7. The number of piperazine rings is 1. The summed E-state index contributed by atoms with van der Waals surface area (Å²) in [4.78, 5) is 29.2. The summed E-state index contributed by atoms with van der Waals surface area (Å²) in [7, 11) is -3.67. The summed E-state index contributed by atoms with van der Waals surface area (Å²) in [6.45, 7) is 2.00. The third-order valence-electron chi connectivity index (χ3n) is 5.24. The fourth-order valence-electron chi connectivity index (χ4n) is 3.38. The number of furan rings is 1. The van der Waals surface area contributed by atoms with Crippen molar-refractivity contribution in [3.63, 3.8) is 0 Å². The van der Waals surface area contributed by atoms with Crippen LogP contribution in [0.1, 0.15) is 21.0 Å². The minimum Gasteiger partial charge on any atom is -0.468 e. The molecule has 2 aromatic heterocycles. The average molecular weight is 486 g/mol. The van der Waals surface area contributed by atoms with Crippen LogP contribution in [-0.2, 0) is 21.4 Å². The van der Waals surface area contributed by atoms with Crippen LogP contribution in [0.25, 0.3) is 6.08 Å². The van der Waals surface area contributed by atoms with Gasteiger partial charge < -0.3 is 14.2 Å². The molecule has 0 radical (unpaired) electrons. The van der Waals surface area contributed by atoms with Crippen LogP contribution in [0, 0.1) is 0 Å². The van der Waals surface area contributed by atoms with E-state index >= 15 is 0 Å². The van der Waals surface area contributed by atoms with E-state index in [1.165, 1.54) is 35.8 Å². The summed E-state index contributed by atoms with van der Waals surface area (Å²) in [6.07, 6.45) is 4.60. The van der Waals surface area contributed by atoms with Crippen LogP contribution in [0.15, 0.2) is 75.6 Å². The first-order chi connectivity index (χ1) is 15.9. The van der Waals surface area contributed by atoms with Gasteiger partial charge in [0.1, 0.15) is 5.76 Å². The average Bonchev–Trinajstić information content (AvgIpc) is 3.56. The van der Waals surface area contributed by atoms with Crippen molar-refractivity contribution in [2.45, 2.75) is 11.4 Å². The van der Waals surface area contributed by atoms with Crippen LogP contribution >= 0.6 is 11.3 Å². The molecule has 0 atom stereocenters. The summed E-state index contributed by atoms with van der Waals surface area (Å²) in [5, 5.41) is 1.87. The monoisotopic (exact) mass is 485 g/mol. The molecule has 1 fully saturated rings. The number of carbonyl (C=O) groups is 2. The Labute approximate surface area is 196 Å². The van der Waals surface area contributed by atoms with Gasteiger partial charge in [0.15, 0.2) is 0 Å². The molecule has 0 saturated carbocycles. The van der Waals surface area contributed by atoms with Crippen LogP contribution in [0.5, 0.6) is 0 Å². The molecule has 0 aliphatic carbocycles. The third kappa shape index (κ3) is 5.78. The van der Waals surface area contributed by atoms with E-state index in [4.69, 9.17) is 4.42 Å². The Morgan fingerprint density at radius 1 is 1.00 bits per heavy atom. The lowest BCUT2D eigenvalue weighted by molar-refractivity contribution is -0.127. The highest BCUT2D eigenvalue weighted by molar-refractivity contribution is 7.89. The highest BCUT2D eigenvalue weighted by atomic mass is 32.2. The minimum absolute atomic E-state index is 0.00123. The first kappa shape index (κ1) is 23.0. The van der Waals surface area contributed by atoms with E-state index in [1.807, 2.05) is 11.4 Å². The van der Waals surface area contributed by atoms with E-state index in [1.54, 1.807) is 46.2 Å². The van der Waals surface area contributed by atoms with Crippen LogP contribution in [0.4, 0.5) is 0 Å². The summed E-state index contributed by atoms with van der Waals surface area (Å²) >= 11 is 1.41. The van der Waals surface area contributed by atoms with Crippen molar-refractivity contribution >= 4 is 39.3 Å². The van der Waals surface area contributed by atoms with Gasteiger partial charge in [-0.05, 0) is 47.4 Å². The molecular formula is C23H23N3O5S2. The zero-order chi connectivity index (χ0) is 23.3. The predicted octanol–water partition coefficient (Wildman–Crippen LogP) is 2.82. The first-order valence-electron chi connectivity index (χ1n) is 10.3. The smallest absolute Gasteiger partial charge is 0.264 e. The van der Waals surface area contributed by atoms with Gasteiger partial charge in [0, 0.05) is 32.3 Å². The SMILES string of the molecule is O=C(/C=C/c1ccc(S(=O)(=O)NCc2ccco2)cc1)N1CCN(C(=O)c2cccs2)CC1. The number of sulfonamides is 1. The van der Waals surface area contributed by atoms with E-state index in [0.29, 0.717) is 42.4 Å². The van der Waals surface area contributed by atoms with Crippen LogP contribution in [-0.4, -0.2) is 56.2 Å². The topological polar surface area (TPSA) is 99.9 Å². The molecule has 0 bridgehead atoms. The number of amides is 2. The van der Waals surface area contributed by atoms with Crippen molar-refractivity contribution in [1.82, 2.24) is 14.5 Å². The van der Waals surface area contributed by atoms with Gasteiger partial charge in [0.2, 0.25) is 15.9 Å². The molecule has 10 heteroatoms. The Kier molecular flexibility index (Phi) is 7.07. The first-order valence-corrected chi connectivity index (χ1v) is 12.7. The Morgan fingerprint density at radius 2 is 1.73 bits per heavy atom. The highest BCUT2D eigenvalue weighted by Gasteiger charge is 2.24. The normalized spacial score (nSPS) is 14.7. The van der Waals surface area contributed by atoms with Crippen molar-refractivity contribution in [3.8, 4) is 0 Å². The standard InChI is InChI=1S/C23H23N3O5S2/c27-22(25-11-13-26(14-12-25)23(28)21-4-2-16-32-21)10-7-18-5-8-20(9-6-18)33(29,30)24-17-19-3-1-15-31-19/h1-10,15-16,24H,11-14,17H2/b10-7+. The van der Waals surface area contributed by atoms with Crippen molar-refractivity contribution in [2.75, 3.05) is 26.2 Å². The maximum Gasteiger partial charge on any atom is 0.264 e. The van der Waals surface area contributed by atoms with Gasteiger partial charge in [0.05, 0.1) is 22.6 Å². The largest absolute Gasteiger partial charge is 0.468 e. The second-order valence-corrected chi connectivity index (χ2v) is 10.1. The molecule has 1 aliphatic heterocycles. The fraction of sp³-hybridized carbons (Fsp3) is 0.217. The number of nitrogens with one attached hydrogen (secondary N) is 1. The molecular weight excluding hydrogens is 462 g/mol. The van der Waals surface area contributed by atoms with E-state index in [2.05, 4.69) is 4.72 Å². The molecule has 0 spiro atoms. The van der Waals surface area contributed by atoms with Crippen LogP contribution in [0.3, 0.4) is 0 Å². The van der Waals surface area contributed by atoms with Crippen molar-refractivity contribution in [3.05, 3.63) is 82.5 Å². The molecule has 1 aromatic carbocycles. The number of nitrogens with zero attached hydrogens (tertiary/aromatic N) is 2. The zero-order valence-corrected chi connectivity index (χ0v) is 19.3. The van der Waals surface area contributed by atoms with Gasteiger partial charge in [-0.1, -0.05) is 18.2 Å². The molecule has 0 unspecified atom stereocenters. The molecule has 3 aromatic rings. The highest BCUT2D eigenvalue weighted by Crippen LogP contribution is 2.15. The lowest BCUT2D eigenvalue weighted by Gasteiger charge is -2.34. The maximum absolute atomic E-state index is 12.5. The molecule has 172 valence electrons. The molecule has 1 saturated heterocycles. The molecule has 4 rings (SSSR count). The van der Waals surface area contributed by atoms with Crippen LogP contribution in [0.2, 0.25) is 0 Å². The van der Waals surface area contributed by atoms with Gasteiger partial charge in [-0.15, -0.1) is 11.3 Å². The molecule has 3 heterocycles. The second-order valence-electron chi connectivity index (χ2n) is 7.40. The Bertz CT molecular complexity index is 1210. The van der Waals surface area contributed by atoms with Crippen molar-refractivity contribution in [1.29, 1.82) is 0 Å². The lowest BCUT2D eigenvalue weighted by atomic mass is 10.2. The Hall–Kier alpha value is -3.21. The number of carbonyl (C=O) groups excluding carboxylic acids is 2. The molecule has 33 heavy (non-hydrogen) atoms. The van der Waals surface area contributed by atoms with Crippen molar-refractivity contribution < 1.29 is 22.4 Å².